The molecule has 1 aliphatic carbocycles. The molecular weight excluding hydrogens is 264 g/mol. The number of hydrogen-bond donors (Lipinski definition) is 1. The summed E-state index contributed by atoms with van der Waals surface area (Å²) >= 11 is 0. The number of rotatable bonds is 4. The van der Waals surface area contributed by atoms with Gasteiger partial charge in [0.25, 0.3) is 0 Å². The van der Waals surface area contributed by atoms with Crippen LogP contribution in [0, 0.1) is 5.92 Å². The van der Waals surface area contributed by atoms with E-state index in [4.69, 9.17) is 0 Å². The van der Waals surface area contributed by atoms with Gasteiger partial charge in [0.1, 0.15) is 0 Å². The molecule has 2 rings (SSSR count). The molecule has 1 fully saturated rings. The molecule has 4 nitrogen and oxygen atoms in total. The summed E-state index contributed by atoms with van der Waals surface area (Å²) in [7, 11) is 3.61. The van der Waals surface area contributed by atoms with Crippen LogP contribution in [0.4, 0.5) is 5.69 Å². The lowest BCUT2D eigenvalue weighted by atomic mass is 9.63. The molecule has 0 saturated heterocycles. The van der Waals surface area contributed by atoms with Gasteiger partial charge in [0.2, 0.25) is 11.8 Å². The molecule has 0 bridgehead atoms. The molecule has 0 radical (unpaired) electrons. The van der Waals surface area contributed by atoms with E-state index in [-0.39, 0.29) is 23.1 Å². The SMILES string of the molecule is CC(C)C(=O)Nc1ccc(C2(C(=O)N(C)C)CCC2)cc1. The summed E-state index contributed by atoms with van der Waals surface area (Å²) in [4.78, 5) is 25.8. The monoisotopic (exact) mass is 288 g/mol. The predicted octanol–water partition coefficient (Wildman–Crippen LogP) is 2.79. The Morgan fingerprint density at radius 1 is 1.14 bits per heavy atom. The third kappa shape index (κ3) is 2.94. The van der Waals surface area contributed by atoms with Crippen LogP contribution < -0.4 is 5.32 Å². The van der Waals surface area contributed by atoms with Crippen LogP contribution in [0.3, 0.4) is 0 Å². The average Bonchev–Trinajstić information content (AvgIpc) is 2.39. The number of likely N-dealkylation sites (N-methyl/N-ethyl adjacent to an activating group) is 1. The fraction of sp³-hybridized carbons (Fsp3) is 0.529. The predicted molar refractivity (Wildman–Crippen MR) is 84.1 cm³/mol. The summed E-state index contributed by atoms with van der Waals surface area (Å²) in [6.07, 6.45) is 2.90. The fourth-order valence-electron chi connectivity index (χ4n) is 2.74. The minimum atomic E-state index is -0.357. The molecule has 0 atom stereocenters. The largest absolute Gasteiger partial charge is 0.348 e. The highest BCUT2D eigenvalue weighted by Gasteiger charge is 2.46. The zero-order valence-corrected chi connectivity index (χ0v) is 13.3. The third-order valence-electron chi connectivity index (χ3n) is 4.25. The minimum absolute atomic E-state index is 0.00507. The first-order valence-electron chi connectivity index (χ1n) is 7.50. The Morgan fingerprint density at radius 2 is 1.71 bits per heavy atom. The summed E-state index contributed by atoms with van der Waals surface area (Å²) in [5, 5.41) is 2.87. The Morgan fingerprint density at radius 3 is 2.10 bits per heavy atom. The Hall–Kier alpha value is -1.84. The first kappa shape index (κ1) is 15.5. The van der Waals surface area contributed by atoms with E-state index in [2.05, 4.69) is 5.32 Å². The number of nitrogens with zero attached hydrogens (tertiary/aromatic N) is 1. The van der Waals surface area contributed by atoms with Crippen molar-refractivity contribution in [3.8, 4) is 0 Å². The van der Waals surface area contributed by atoms with Crippen molar-refractivity contribution < 1.29 is 9.59 Å². The highest BCUT2D eigenvalue weighted by molar-refractivity contribution is 5.92. The topological polar surface area (TPSA) is 49.4 Å². The number of carbonyl (C=O) groups excluding carboxylic acids is 2. The molecule has 0 aliphatic heterocycles. The van der Waals surface area contributed by atoms with Gasteiger partial charge >= 0.3 is 0 Å². The number of anilines is 1. The van der Waals surface area contributed by atoms with Gasteiger partial charge in [0, 0.05) is 25.7 Å². The molecule has 1 N–H and O–H groups in total. The van der Waals surface area contributed by atoms with Crippen LogP contribution >= 0.6 is 0 Å². The van der Waals surface area contributed by atoms with Crippen LogP contribution in [0.5, 0.6) is 0 Å². The molecule has 0 heterocycles. The summed E-state index contributed by atoms with van der Waals surface area (Å²) in [5.41, 5.74) is 1.48. The normalized spacial score (nSPS) is 16.2. The zero-order chi connectivity index (χ0) is 15.6. The molecule has 4 heteroatoms. The Labute approximate surface area is 126 Å². The van der Waals surface area contributed by atoms with Crippen LogP contribution in [0.1, 0.15) is 38.7 Å². The minimum Gasteiger partial charge on any atom is -0.348 e. The van der Waals surface area contributed by atoms with Crippen LogP contribution in [0.2, 0.25) is 0 Å². The van der Waals surface area contributed by atoms with E-state index in [9.17, 15) is 9.59 Å². The maximum Gasteiger partial charge on any atom is 0.232 e. The second-order valence-electron chi connectivity index (χ2n) is 6.36. The molecule has 1 saturated carbocycles. The van der Waals surface area contributed by atoms with E-state index >= 15 is 0 Å². The molecule has 2 amide bonds. The number of hydrogen-bond acceptors (Lipinski definition) is 2. The first-order chi connectivity index (χ1) is 9.86. The molecule has 0 spiro atoms. The lowest BCUT2D eigenvalue weighted by Crippen LogP contribution is -2.48. The highest BCUT2D eigenvalue weighted by Crippen LogP contribution is 2.45. The standard InChI is InChI=1S/C17H24N2O2/c1-12(2)15(20)18-14-8-6-13(7-9-14)17(10-5-11-17)16(21)19(3)4/h6-9,12H,5,10-11H2,1-4H3,(H,18,20). The second kappa shape index (κ2) is 5.88. The van der Waals surface area contributed by atoms with Crippen molar-refractivity contribution >= 4 is 17.5 Å². The Balaban J connectivity index is 2.18. The van der Waals surface area contributed by atoms with Gasteiger partial charge in [-0.15, -0.1) is 0 Å². The molecule has 21 heavy (non-hydrogen) atoms. The first-order valence-corrected chi connectivity index (χ1v) is 7.50. The van der Waals surface area contributed by atoms with Crippen molar-refractivity contribution in [2.45, 2.75) is 38.5 Å². The van der Waals surface area contributed by atoms with Crippen molar-refractivity contribution in [3.05, 3.63) is 29.8 Å². The Kier molecular flexibility index (Phi) is 4.35. The van der Waals surface area contributed by atoms with Crippen LogP contribution in [0.15, 0.2) is 24.3 Å². The van der Waals surface area contributed by atoms with Gasteiger partial charge in [0.15, 0.2) is 0 Å². The van der Waals surface area contributed by atoms with Crippen LogP contribution in [-0.2, 0) is 15.0 Å². The van der Waals surface area contributed by atoms with E-state index in [0.717, 1.165) is 30.5 Å². The van der Waals surface area contributed by atoms with E-state index in [1.807, 2.05) is 38.1 Å². The molecule has 1 aromatic carbocycles. The lowest BCUT2D eigenvalue weighted by Gasteiger charge is -2.42. The lowest BCUT2D eigenvalue weighted by molar-refractivity contribution is -0.138. The van der Waals surface area contributed by atoms with Crippen molar-refractivity contribution in [1.29, 1.82) is 0 Å². The van der Waals surface area contributed by atoms with Crippen molar-refractivity contribution in [2.75, 3.05) is 19.4 Å². The maximum absolute atomic E-state index is 12.5. The zero-order valence-electron chi connectivity index (χ0n) is 13.3. The molecule has 1 aromatic rings. The van der Waals surface area contributed by atoms with Crippen LogP contribution in [0.25, 0.3) is 0 Å². The third-order valence-corrected chi connectivity index (χ3v) is 4.25. The fourth-order valence-corrected chi connectivity index (χ4v) is 2.74. The smallest absolute Gasteiger partial charge is 0.232 e. The molecule has 1 aliphatic rings. The van der Waals surface area contributed by atoms with Gasteiger partial charge in [-0.25, -0.2) is 0 Å². The molecule has 0 aromatic heterocycles. The molecular formula is C17H24N2O2. The Bertz CT molecular complexity index is 528. The number of amides is 2. The number of carbonyl (C=O) groups is 2. The van der Waals surface area contributed by atoms with Gasteiger partial charge in [0.05, 0.1) is 5.41 Å². The number of nitrogens with one attached hydrogen (secondary N) is 1. The van der Waals surface area contributed by atoms with Gasteiger partial charge in [-0.2, -0.15) is 0 Å². The maximum atomic E-state index is 12.5. The van der Waals surface area contributed by atoms with Crippen molar-refractivity contribution in [1.82, 2.24) is 4.90 Å². The summed E-state index contributed by atoms with van der Waals surface area (Å²) in [5.74, 6) is 0.135. The highest BCUT2D eigenvalue weighted by atomic mass is 16.2. The molecule has 0 unspecified atom stereocenters. The van der Waals surface area contributed by atoms with E-state index in [1.165, 1.54) is 0 Å². The van der Waals surface area contributed by atoms with Gasteiger partial charge < -0.3 is 10.2 Å². The van der Waals surface area contributed by atoms with Gasteiger partial charge in [-0.05, 0) is 30.5 Å². The van der Waals surface area contributed by atoms with Gasteiger partial charge in [-0.3, -0.25) is 9.59 Å². The van der Waals surface area contributed by atoms with Crippen molar-refractivity contribution in [3.63, 3.8) is 0 Å². The molecule has 114 valence electrons. The summed E-state index contributed by atoms with van der Waals surface area (Å²) in [6.45, 7) is 3.73. The quantitative estimate of drug-likeness (QED) is 0.926. The van der Waals surface area contributed by atoms with E-state index in [1.54, 1.807) is 19.0 Å². The summed E-state index contributed by atoms with van der Waals surface area (Å²) in [6, 6.07) is 7.71. The van der Waals surface area contributed by atoms with Crippen molar-refractivity contribution in [2.24, 2.45) is 5.92 Å². The number of benzene rings is 1. The van der Waals surface area contributed by atoms with E-state index in [0.29, 0.717) is 0 Å². The van der Waals surface area contributed by atoms with Crippen LogP contribution in [-0.4, -0.2) is 30.8 Å². The van der Waals surface area contributed by atoms with Gasteiger partial charge in [-0.1, -0.05) is 32.4 Å². The van der Waals surface area contributed by atoms with E-state index < -0.39 is 0 Å². The second-order valence-corrected chi connectivity index (χ2v) is 6.36. The average molecular weight is 288 g/mol. The summed E-state index contributed by atoms with van der Waals surface area (Å²) < 4.78 is 0.